The van der Waals surface area contributed by atoms with Crippen molar-refractivity contribution in [3.8, 4) is 0 Å². The Morgan fingerprint density at radius 2 is 0.612 bits per heavy atom. The third-order valence-electron chi connectivity index (χ3n) is 10.4. The summed E-state index contributed by atoms with van der Waals surface area (Å²) in [5.41, 5.74) is 0. The van der Waals surface area contributed by atoms with Gasteiger partial charge in [0, 0.05) is 19.3 Å². The van der Waals surface area contributed by atoms with Gasteiger partial charge >= 0.3 is 17.9 Å². The first-order valence-corrected chi connectivity index (χ1v) is 26.3. The molecule has 0 N–H and O–H groups in total. The first-order valence-electron chi connectivity index (χ1n) is 26.3. The minimum atomic E-state index is -0.832. The van der Waals surface area contributed by atoms with Gasteiger partial charge in [0.05, 0.1) is 0 Å². The Labute approximate surface area is 410 Å². The topological polar surface area (TPSA) is 78.9 Å². The van der Waals surface area contributed by atoms with E-state index in [0.717, 1.165) is 128 Å². The average Bonchev–Trinajstić information content (AvgIpc) is 3.33. The molecule has 0 aliphatic heterocycles. The number of esters is 3. The lowest BCUT2D eigenvalue weighted by Gasteiger charge is -2.18. The molecule has 0 aromatic carbocycles. The summed E-state index contributed by atoms with van der Waals surface area (Å²) in [4.78, 5) is 37.8. The zero-order valence-corrected chi connectivity index (χ0v) is 42.6. The van der Waals surface area contributed by atoms with Crippen molar-refractivity contribution in [2.24, 2.45) is 0 Å². The molecule has 6 nitrogen and oxygen atoms in total. The van der Waals surface area contributed by atoms with E-state index in [-0.39, 0.29) is 31.6 Å². The molecule has 67 heavy (non-hydrogen) atoms. The van der Waals surface area contributed by atoms with E-state index in [0.29, 0.717) is 19.3 Å². The van der Waals surface area contributed by atoms with Gasteiger partial charge < -0.3 is 14.2 Å². The molecule has 0 aliphatic carbocycles. The van der Waals surface area contributed by atoms with Crippen LogP contribution in [0.3, 0.4) is 0 Å². The quantitative estimate of drug-likeness (QED) is 0.0262. The third kappa shape index (κ3) is 52.1. The first kappa shape index (κ1) is 62.3. The number of carbonyl (C=O) groups excluding carboxylic acids is 3. The largest absolute Gasteiger partial charge is 0.462 e. The predicted molar refractivity (Wildman–Crippen MR) is 288 cm³/mol. The molecule has 0 saturated heterocycles. The Morgan fingerprint density at radius 1 is 0.313 bits per heavy atom. The average molecular weight is 923 g/mol. The number of unbranched alkanes of at least 4 members (excludes halogenated alkanes) is 10. The van der Waals surface area contributed by atoms with Gasteiger partial charge in [0.15, 0.2) is 6.10 Å². The summed E-state index contributed by atoms with van der Waals surface area (Å²) in [7, 11) is 0. The van der Waals surface area contributed by atoms with Gasteiger partial charge in [-0.1, -0.05) is 218 Å². The maximum atomic E-state index is 12.7. The van der Waals surface area contributed by atoms with Crippen LogP contribution in [-0.4, -0.2) is 37.2 Å². The smallest absolute Gasteiger partial charge is 0.306 e. The lowest BCUT2D eigenvalue weighted by atomic mass is 10.1. The predicted octanol–water partition coefficient (Wildman–Crippen LogP) is 17.6. The highest BCUT2D eigenvalue weighted by Crippen LogP contribution is 2.11. The Hall–Kier alpha value is -4.71. The van der Waals surface area contributed by atoms with Crippen molar-refractivity contribution in [1.82, 2.24) is 0 Å². The van der Waals surface area contributed by atoms with Crippen LogP contribution in [0.1, 0.15) is 201 Å². The Balaban J connectivity index is 4.44. The van der Waals surface area contributed by atoms with Crippen molar-refractivity contribution in [3.63, 3.8) is 0 Å². The molecule has 6 heteroatoms. The molecule has 0 aliphatic rings. The normalized spacial score (nSPS) is 13.3. The highest BCUT2D eigenvalue weighted by molar-refractivity contribution is 5.71. The Kier molecular flexibility index (Phi) is 50.1. The second-order valence-electron chi connectivity index (χ2n) is 16.7. The molecule has 0 spiro atoms. The fourth-order valence-electron chi connectivity index (χ4n) is 6.47. The zero-order valence-electron chi connectivity index (χ0n) is 42.6. The summed E-state index contributed by atoms with van der Waals surface area (Å²) >= 11 is 0. The van der Waals surface area contributed by atoms with Crippen LogP contribution in [0.2, 0.25) is 0 Å². The summed E-state index contributed by atoms with van der Waals surface area (Å²) in [5.74, 6) is -1.05. The molecule has 0 aromatic heterocycles. The van der Waals surface area contributed by atoms with Crippen molar-refractivity contribution in [2.45, 2.75) is 207 Å². The standard InChI is InChI=1S/C61H94O6/c1-4-7-10-13-16-18-20-22-24-26-28-29-30-31-33-34-36-38-40-42-45-48-51-54-60(63)66-57-58(56-65-59(62)53-50-47-44-15-12-9-6-3)67-61(64)55-52-49-46-43-41-39-37-35-32-27-25-23-21-19-17-14-11-8-5-2/h7-8,10-11,16-19,22-25,28-29,31-33,35-36,38-39,41,46,49,58H,4-6,9,12-15,20-21,26-27,30,34,37,40,42-45,47-48,50-57H2,1-3H3/b10-7-,11-8-,18-16-,19-17-,24-22-,25-23-,29-28-,33-31-,35-32-,38-36-,41-39-,49-46-. The van der Waals surface area contributed by atoms with Crippen LogP contribution in [0.4, 0.5) is 0 Å². The number of hydrogen-bond acceptors (Lipinski definition) is 6. The summed E-state index contributed by atoms with van der Waals surface area (Å²) in [6, 6.07) is 0. The molecule has 0 rings (SSSR count). The first-order chi connectivity index (χ1) is 33.0. The van der Waals surface area contributed by atoms with Crippen LogP contribution < -0.4 is 0 Å². The van der Waals surface area contributed by atoms with Crippen LogP contribution in [-0.2, 0) is 28.6 Å². The van der Waals surface area contributed by atoms with Crippen molar-refractivity contribution < 1.29 is 28.6 Å². The Morgan fingerprint density at radius 3 is 0.970 bits per heavy atom. The van der Waals surface area contributed by atoms with Gasteiger partial charge in [0.25, 0.3) is 0 Å². The van der Waals surface area contributed by atoms with Crippen LogP contribution in [0, 0.1) is 0 Å². The van der Waals surface area contributed by atoms with Crippen LogP contribution in [0.15, 0.2) is 146 Å². The van der Waals surface area contributed by atoms with Gasteiger partial charge in [0.1, 0.15) is 13.2 Å². The van der Waals surface area contributed by atoms with Crippen molar-refractivity contribution in [2.75, 3.05) is 13.2 Å². The molecule has 0 amide bonds. The molecule has 0 aromatic rings. The van der Waals surface area contributed by atoms with E-state index in [9.17, 15) is 14.4 Å². The van der Waals surface area contributed by atoms with Gasteiger partial charge in [-0.05, 0) is 109 Å². The molecular weight excluding hydrogens is 829 g/mol. The molecule has 0 saturated carbocycles. The summed E-state index contributed by atoms with van der Waals surface area (Å²) in [6.45, 7) is 6.25. The van der Waals surface area contributed by atoms with Gasteiger partial charge in [-0.15, -0.1) is 0 Å². The van der Waals surface area contributed by atoms with Crippen molar-refractivity contribution in [1.29, 1.82) is 0 Å². The molecule has 0 fully saturated rings. The number of hydrogen-bond donors (Lipinski definition) is 0. The summed E-state index contributed by atoms with van der Waals surface area (Å²) in [6.07, 6.45) is 77.2. The highest BCUT2D eigenvalue weighted by atomic mass is 16.6. The summed E-state index contributed by atoms with van der Waals surface area (Å²) < 4.78 is 16.6. The molecule has 374 valence electrons. The van der Waals surface area contributed by atoms with Crippen LogP contribution in [0.25, 0.3) is 0 Å². The van der Waals surface area contributed by atoms with E-state index in [2.05, 4.69) is 154 Å². The summed E-state index contributed by atoms with van der Waals surface area (Å²) in [5, 5.41) is 0. The fraction of sp³-hybridized carbons (Fsp3) is 0.557. The lowest BCUT2D eigenvalue weighted by Crippen LogP contribution is -2.30. The molecule has 0 heterocycles. The minimum Gasteiger partial charge on any atom is -0.462 e. The Bertz CT molecular complexity index is 1530. The number of carbonyl (C=O) groups is 3. The van der Waals surface area contributed by atoms with Crippen LogP contribution in [0.5, 0.6) is 0 Å². The highest BCUT2D eigenvalue weighted by Gasteiger charge is 2.19. The second kappa shape index (κ2) is 53.9. The molecular formula is C61H94O6. The maximum absolute atomic E-state index is 12.7. The third-order valence-corrected chi connectivity index (χ3v) is 10.4. The van der Waals surface area contributed by atoms with Gasteiger partial charge in [-0.25, -0.2) is 0 Å². The maximum Gasteiger partial charge on any atom is 0.306 e. The van der Waals surface area contributed by atoms with E-state index < -0.39 is 12.1 Å². The van der Waals surface area contributed by atoms with Gasteiger partial charge in [-0.3, -0.25) is 14.4 Å². The van der Waals surface area contributed by atoms with Gasteiger partial charge in [0.2, 0.25) is 0 Å². The van der Waals surface area contributed by atoms with E-state index >= 15 is 0 Å². The van der Waals surface area contributed by atoms with Crippen molar-refractivity contribution in [3.05, 3.63) is 146 Å². The zero-order chi connectivity index (χ0) is 48.6. The molecule has 0 bridgehead atoms. The van der Waals surface area contributed by atoms with E-state index in [1.165, 1.54) is 25.7 Å². The van der Waals surface area contributed by atoms with Crippen molar-refractivity contribution >= 4 is 17.9 Å². The fourth-order valence-corrected chi connectivity index (χ4v) is 6.47. The number of ether oxygens (including phenoxy) is 3. The number of rotatable bonds is 45. The molecule has 0 radical (unpaired) electrons. The monoisotopic (exact) mass is 923 g/mol. The molecule has 1 unspecified atom stereocenters. The minimum absolute atomic E-state index is 0.122. The molecule has 1 atom stereocenters. The van der Waals surface area contributed by atoms with Crippen LogP contribution >= 0.6 is 0 Å². The van der Waals surface area contributed by atoms with E-state index in [1.807, 2.05) is 12.2 Å². The lowest BCUT2D eigenvalue weighted by molar-refractivity contribution is -0.166. The SMILES string of the molecule is CC/C=C\C/C=C\C/C=C\C/C=C\C/C=C\C/C=C\CCCCCCC(=O)OCC(COC(=O)CCCCCCCCC)OC(=O)CC/C=C\C/C=C\C/C=C\C/C=C\C/C=C\C/C=C\CC. The van der Waals surface area contributed by atoms with Gasteiger partial charge in [-0.2, -0.15) is 0 Å². The van der Waals surface area contributed by atoms with E-state index in [4.69, 9.17) is 14.2 Å². The second-order valence-corrected chi connectivity index (χ2v) is 16.7. The van der Waals surface area contributed by atoms with E-state index in [1.54, 1.807) is 0 Å². The number of allylic oxidation sites excluding steroid dienone is 24.